The number of piperidine rings is 1. The summed E-state index contributed by atoms with van der Waals surface area (Å²) in [5.74, 6) is -0.228. The molecule has 1 heterocycles. The average Bonchev–Trinajstić information content (AvgIpc) is 2.72. The first-order chi connectivity index (χ1) is 14.0. The summed E-state index contributed by atoms with van der Waals surface area (Å²) in [6.07, 6.45) is 2.07. The Labute approximate surface area is 176 Å². The lowest BCUT2D eigenvalue weighted by Gasteiger charge is -2.33. The number of aromatic hydroxyl groups is 1. The average molecular weight is 419 g/mol. The largest absolute Gasteiger partial charge is 0.505 e. The summed E-state index contributed by atoms with van der Waals surface area (Å²) in [5, 5.41) is 16.8. The van der Waals surface area contributed by atoms with E-state index in [0.29, 0.717) is 12.6 Å². The van der Waals surface area contributed by atoms with Crippen LogP contribution in [0.1, 0.15) is 30.9 Å². The standard InChI is InChI=1S/C22H28ClFN4O/c1-2-25-22(26-14-17-5-8-21(29)20(24)13-17)27-19-9-11-28(12-10-19)15-16-3-6-18(23)7-4-16/h3-8,13,19,29H,2,9-12,14-15H2,1H3,(H2,25,26,27). The van der Waals surface area contributed by atoms with E-state index in [1.807, 2.05) is 19.1 Å². The molecule has 0 radical (unpaired) electrons. The smallest absolute Gasteiger partial charge is 0.191 e. The number of likely N-dealkylation sites (tertiary alicyclic amines) is 1. The molecule has 0 aliphatic carbocycles. The fourth-order valence-corrected chi connectivity index (χ4v) is 3.54. The van der Waals surface area contributed by atoms with Crippen molar-refractivity contribution in [3.05, 3.63) is 64.4 Å². The molecule has 3 rings (SSSR count). The van der Waals surface area contributed by atoms with Gasteiger partial charge < -0.3 is 15.7 Å². The minimum atomic E-state index is -0.622. The second-order valence-corrected chi connectivity index (χ2v) is 7.74. The molecule has 7 heteroatoms. The molecule has 2 aromatic carbocycles. The van der Waals surface area contributed by atoms with Gasteiger partial charge in [-0.25, -0.2) is 9.38 Å². The zero-order valence-corrected chi connectivity index (χ0v) is 17.4. The van der Waals surface area contributed by atoms with Crippen molar-refractivity contribution in [3.8, 4) is 5.75 Å². The summed E-state index contributed by atoms with van der Waals surface area (Å²) < 4.78 is 13.5. The number of hydrogen-bond donors (Lipinski definition) is 3. The molecule has 1 aliphatic heterocycles. The molecule has 1 aliphatic rings. The maximum Gasteiger partial charge on any atom is 0.191 e. The number of hydrogen-bond acceptors (Lipinski definition) is 3. The highest BCUT2D eigenvalue weighted by Crippen LogP contribution is 2.17. The van der Waals surface area contributed by atoms with Gasteiger partial charge in [-0.3, -0.25) is 4.90 Å². The Morgan fingerprint density at radius 1 is 1.17 bits per heavy atom. The maximum absolute atomic E-state index is 13.5. The molecule has 3 N–H and O–H groups in total. The molecule has 2 aromatic rings. The van der Waals surface area contributed by atoms with Gasteiger partial charge in [0.05, 0.1) is 6.54 Å². The molecular formula is C22H28ClFN4O. The molecule has 0 amide bonds. The van der Waals surface area contributed by atoms with E-state index in [9.17, 15) is 9.50 Å². The van der Waals surface area contributed by atoms with Crippen molar-refractivity contribution in [1.82, 2.24) is 15.5 Å². The topological polar surface area (TPSA) is 59.9 Å². The molecule has 0 saturated carbocycles. The summed E-state index contributed by atoms with van der Waals surface area (Å²) in [6, 6.07) is 12.7. The van der Waals surface area contributed by atoms with Gasteiger partial charge in [-0.15, -0.1) is 0 Å². The van der Waals surface area contributed by atoms with Crippen LogP contribution in [0.4, 0.5) is 4.39 Å². The third kappa shape index (κ3) is 6.61. The molecule has 29 heavy (non-hydrogen) atoms. The zero-order chi connectivity index (χ0) is 20.6. The SMILES string of the molecule is CCNC(=NCc1ccc(O)c(F)c1)NC1CCN(Cc2ccc(Cl)cc2)CC1. The molecule has 0 unspecified atom stereocenters. The number of phenols is 1. The fourth-order valence-electron chi connectivity index (χ4n) is 3.42. The maximum atomic E-state index is 13.5. The van der Waals surface area contributed by atoms with Gasteiger partial charge in [0.2, 0.25) is 0 Å². The third-order valence-corrected chi connectivity index (χ3v) is 5.28. The number of nitrogens with zero attached hydrogens (tertiary/aromatic N) is 2. The van der Waals surface area contributed by atoms with Crippen LogP contribution in [-0.2, 0) is 13.1 Å². The van der Waals surface area contributed by atoms with Crippen LogP contribution in [0.3, 0.4) is 0 Å². The van der Waals surface area contributed by atoms with E-state index >= 15 is 0 Å². The molecule has 1 saturated heterocycles. The van der Waals surface area contributed by atoms with E-state index in [0.717, 1.165) is 55.6 Å². The summed E-state index contributed by atoms with van der Waals surface area (Å²) in [4.78, 5) is 7.01. The minimum Gasteiger partial charge on any atom is -0.505 e. The number of benzene rings is 2. The van der Waals surface area contributed by atoms with E-state index in [-0.39, 0.29) is 5.75 Å². The fraction of sp³-hybridized carbons (Fsp3) is 0.409. The Balaban J connectivity index is 1.50. The summed E-state index contributed by atoms with van der Waals surface area (Å²) in [5.41, 5.74) is 1.99. The van der Waals surface area contributed by atoms with Crippen LogP contribution >= 0.6 is 11.6 Å². The first-order valence-electron chi connectivity index (χ1n) is 10.0. The molecule has 5 nitrogen and oxygen atoms in total. The van der Waals surface area contributed by atoms with Crippen LogP contribution < -0.4 is 10.6 Å². The van der Waals surface area contributed by atoms with Gasteiger partial charge in [-0.1, -0.05) is 29.8 Å². The van der Waals surface area contributed by atoms with Crippen LogP contribution in [-0.4, -0.2) is 41.6 Å². The first-order valence-corrected chi connectivity index (χ1v) is 10.4. The van der Waals surface area contributed by atoms with E-state index in [1.165, 1.54) is 17.7 Å². The quantitative estimate of drug-likeness (QED) is 0.491. The summed E-state index contributed by atoms with van der Waals surface area (Å²) >= 11 is 5.96. The highest BCUT2D eigenvalue weighted by Gasteiger charge is 2.20. The minimum absolute atomic E-state index is 0.340. The van der Waals surface area contributed by atoms with Gasteiger partial charge in [0.1, 0.15) is 0 Å². The van der Waals surface area contributed by atoms with Crippen molar-refractivity contribution in [3.63, 3.8) is 0 Å². The van der Waals surface area contributed by atoms with Crippen LogP contribution in [0.15, 0.2) is 47.5 Å². The molecule has 156 valence electrons. The molecule has 0 aromatic heterocycles. The lowest BCUT2D eigenvalue weighted by Crippen LogP contribution is -2.48. The van der Waals surface area contributed by atoms with Crippen molar-refractivity contribution >= 4 is 17.6 Å². The zero-order valence-electron chi connectivity index (χ0n) is 16.7. The number of halogens is 2. The Kier molecular flexibility index (Phi) is 7.72. The second-order valence-electron chi connectivity index (χ2n) is 7.30. The van der Waals surface area contributed by atoms with Crippen molar-refractivity contribution in [2.75, 3.05) is 19.6 Å². The molecule has 0 spiro atoms. The number of nitrogens with one attached hydrogen (secondary N) is 2. The Morgan fingerprint density at radius 3 is 2.52 bits per heavy atom. The highest BCUT2D eigenvalue weighted by molar-refractivity contribution is 6.30. The van der Waals surface area contributed by atoms with E-state index in [4.69, 9.17) is 11.6 Å². The Bertz CT molecular complexity index is 820. The van der Waals surface area contributed by atoms with Gasteiger partial charge in [-0.05, 0) is 55.2 Å². The molecule has 0 bridgehead atoms. The second kappa shape index (κ2) is 10.5. The van der Waals surface area contributed by atoms with Crippen LogP contribution in [0.25, 0.3) is 0 Å². The Hall–Kier alpha value is -2.31. The normalized spacial score (nSPS) is 16.0. The number of phenolic OH excluding ortho intramolecular Hbond substituents is 1. The van der Waals surface area contributed by atoms with Gasteiger partial charge in [0, 0.05) is 37.2 Å². The summed E-state index contributed by atoms with van der Waals surface area (Å²) in [6.45, 7) is 6.09. The van der Waals surface area contributed by atoms with Crippen molar-refractivity contribution < 1.29 is 9.50 Å². The summed E-state index contributed by atoms with van der Waals surface area (Å²) in [7, 11) is 0. The first kappa shape index (κ1) is 21.4. The van der Waals surface area contributed by atoms with Crippen molar-refractivity contribution in [2.45, 2.75) is 38.9 Å². The van der Waals surface area contributed by atoms with Crippen LogP contribution in [0, 0.1) is 5.82 Å². The monoisotopic (exact) mass is 418 g/mol. The number of rotatable bonds is 6. The highest BCUT2D eigenvalue weighted by atomic mass is 35.5. The predicted molar refractivity (Wildman–Crippen MR) is 116 cm³/mol. The van der Waals surface area contributed by atoms with Gasteiger partial charge in [-0.2, -0.15) is 0 Å². The van der Waals surface area contributed by atoms with Crippen LogP contribution in [0.2, 0.25) is 5.02 Å². The van der Waals surface area contributed by atoms with Crippen molar-refractivity contribution in [1.29, 1.82) is 0 Å². The molecule has 0 atom stereocenters. The van der Waals surface area contributed by atoms with Gasteiger partial charge in [0.25, 0.3) is 0 Å². The van der Waals surface area contributed by atoms with Crippen molar-refractivity contribution in [2.24, 2.45) is 4.99 Å². The van der Waals surface area contributed by atoms with E-state index < -0.39 is 5.82 Å². The third-order valence-electron chi connectivity index (χ3n) is 5.02. The predicted octanol–water partition coefficient (Wildman–Crippen LogP) is 3.90. The Morgan fingerprint density at radius 2 is 1.86 bits per heavy atom. The number of aliphatic imine (C=N–C) groups is 1. The van der Waals surface area contributed by atoms with Crippen LogP contribution in [0.5, 0.6) is 5.75 Å². The van der Waals surface area contributed by atoms with E-state index in [1.54, 1.807) is 6.07 Å². The number of guanidine groups is 1. The van der Waals surface area contributed by atoms with Gasteiger partial charge >= 0.3 is 0 Å². The molecule has 1 fully saturated rings. The lowest BCUT2D eigenvalue weighted by molar-refractivity contribution is 0.198. The van der Waals surface area contributed by atoms with Gasteiger partial charge in [0.15, 0.2) is 17.5 Å². The molecular weight excluding hydrogens is 391 g/mol. The van der Waals surface area contributed by atoms with E-state index in [2.05, 4.69) is 32.7 Å². The lowest BCUT2D eigenvalue weighted by atomic mass is 10.0.